The average Bonchev–Trinajstić information content (AvgIpc) is 3.29. The molecule has 0 atom stereocenters. The highest BCUT2D eigenvalue weighted by atomic mass is 32.2. The zero-order valence-electron chi connectivity index (χ0n) is 16.2. The third-order valence-electron chi connectivity index (χ3n) is 5.39. The van der Waals surface area contributed by atoms with E-state index in [1.807, 2.05) is 24.3 Å². The first-order chi connectivity index (χ1) is 14.1. The van der Waals surface area contributed by atoms with Crippen molar-refractivity contribution in [1.29, 1.82) is 0 Å². The third-order valence-corrected chi connectivity index (χ3v) is 7.27. The lowest BCUT2D eigenvalue weighted by molar-refractivity contribution is 0.184. The van der Waals surface area contributed by atoms with Gasteiger partial charge in [-0.25, -0.2) is 13.2 Å². The Balaban J connectivity index is 1.39. The minimum atomic E-state index is -3.58. The molecule has 0 unspecified atom stereocenters. The maximum absolute atomic E-state index is 12.8. The van der Waals surface area contributed by atoms with Crippen LogP contribution >= 0.6 is 0 Å². The highest BCUT2D eigenvalue weighted by molar-refractivity contribution is 7.89. The van der Waals surface area contributed by atoms with E-state index in [1.54, 1.807) is 17.2 Å². The lowest BCUT2D eigenvalue weighted by Crippen LogP contribution is -2.51. The lowest BCUT2D eigenvalue weighted by atomic mass is 10.2. The summed E-state index contributed by atoms with van der Waals surface area (Å²) in [6.45, 7) is 3.21. The zero-order chi connectivity index (χ0) is 20.3. The largest absolute Gasteiger partial charge is 0.370 e. The van der Waals surface area contributed by atoms with Gasteiger partial charge in [-0.1, -0.05) is 12.1 Å². The second-order valence-corrected chi connectivity index (χ2v) is 9.16. The van der Waals surface area contributed by atoms with Gasteiger partial charge in [0.15, 0.2) is 0 Å². The van der Waals surface area contributed by atoms with Crippen LogP contribution in [0.1, 0.15) is 12.8 Å². The average molecular weight is 416 g/mol. The normalized spacial score (nSPS) is 18.1. The van der Waals surface area contributed by atoms with Gasteiger partial charge in [-0.3, -0.25) is 4.98 Å². The number of para-hydroxylation sites is 2. The van der Waals surface area contributed by atoms with E-state index in [0.29, 0.717) is 13.1 Å². The molecule has 8 nitrogen and oxygen atoms in total. The van der Waals surface area contributed by atoms with Gasteiger partial charge in [-0.05, 0) is 37.1 Å². The zero-order valence-corrected chi connectivity index (χ0v) is 17.0. The Hall–Kier alpha value is -2.65. The fraction of sp³-hybridized carbons (Fsp3) is 0.400. The molecule has 0 bridgehead atoms. The fourth-order valence-corrected chi connectivity index (χ4v) is 5.17. The van der Waals surface area contributed by atoms with Crippen LogP contribution in [0.3, 0.4) is 0 Å². The molecule has 1 N–H and O–H groups in total. The van der Waals surface area contributed by atoms with Crippen molar-refractivity contribution in [3.63, 3.8) is 0 Å². The molecule has 2 aliphatic rings. The van der Waals surface area contributed by atoms with Crippen molar-refractivity contribution >= 4 is 27.4 Å². The van der Waals surface area contributed by atoms with Crippen LogP contribution in [-0.2, 0) is 10.0 Å². The maximum Gasteiger partial charge on any atom is 0.321 e. The predicted octanol–water partition coefficient (Wildman–Crippen LogP) is 2.22. The molecule has 3 heterocycles. The smallest absolute Gasteiger partial charge is 0.321 e. The van der Waals surface area contributed by atoms with Gasteiger partial charge in [0.25, 0.3) is 0 Å². The number of urea groups is 1. The summed E-state index contributed by atoms with van der Waals surface area (Å²) in [5.41, 5.74) is 1.83. The van der Waals surface area contributed by atoms with Crippen molar-refractivity contribution in [3.8, 4) is 0 Å². The Morgan fingerprint density at radius 1 is 0.931 bits per heavy atom. The van der Waals surface area contributed by atoms with Crippen LogP contribution in [-0.4, -0.2) is 67.9 Å². The van der Waals surface area contributed by atoms with E-state index >= 15 is 0 Å². The number of carbonyl (C=O) groups excluding carboxylic acids is 1. The highest BCUT2D eigenvalue weighted by Crippen LogP contribution is 2.29. The number of hydrogen-bond donors (Lipinski definition) is 1. The minimum absolute atomic E-state index is 0.178. The van der Waals surface area contributed by atoms with Crippen molar-refractivity contribution < 1.29 is 13.2 Å². The van der Waals surface area contributed by atoms with Crippen molar-refractivity contribution in [1.82, 2.24) is 14.2 Å². The number of nitrogens with zero attached hydrogens (tertiary/aromatic N) is 4. The van der Waals surface area contributed by atoms with Crippen LogP contribution in [0.15, 0.2) is 53.7 Å². The van der Waals surface area contributed by atoms with E-state index in [2.05, 4.69) is 15.2 Å². The Morgan fingerprint density at radius 2 is 1.66 bits per heavy atom. The number of aromatic nitrogens is 1. The summed E-state index contributed by atoms with van der Waals surface area (Å²) in [5, 5.41) is 3.01. The van der Waals surface area contributed by atoms with E-state index in [-0.39, 0.29) is 24.0 Å². The minimum Gasteiger partial charge on any atom is -0.370 e. The monoisotopic (exact) mass is 415 g/mol. The van der Waals surface area contributed by atoms with Gasteiger partial charge in [-0.15, -0.1) is 0 Å². The topological polar surface area (TPSA) is 85.9 Å². The molecule has 0 radical (unpaired) electrons. The van der Waals surface area contributed by atoms with Gasteiger partial charge in [-0.2, -0.15) is 4.31 Å². The van der Waals surface area contributed by atoms with E-state index in [9.17, 15) is 13.2 Å². The molecule has 1 aromatic carbocycles. The fourth-order valence-electron chi connectivity index (χ4n) is 3.79. The van der Waals surface area contributed by atoms with E-state index < -0.39 is 10.0 Å². The Morgan fingerprint density at radius 3 is 2.34 bits per heavy atom. The SMILES string of the molecule is O=C(Nc1ccccc1N1CCCC1)N1CCN(S(=O)(=O)c2cccnc2)CC1. The van der Waals surface area contributed by atoms with Gasteiger partial charge < -0.3 is 15.1 Å². The number of amides is 2. The third kappa shape index (κ3) is 4.20. The number of nitrogens with one attached hydrogen (secondary N) is 1. The van der Waals surface area contributed by atoms with Gasteiger partial charge in [0.2, 0.25) is 10.0 Å². The Bertz CT molecular complexity index is 953. The Labute approximate surface area is 171 Å². The molecule has 9 heteroatoms. The van der Waals surface area contributed by atoms with Gasteiger partial charge in [0, 0.05) is 51.7 Å². The van der Waals surface area contributed by atoms with Crippen molar-refractivity contribution in [2.45, 2.75) is 17.7 Å². The number of piperazine rings is 1. The van der Waals surface area contributed by atoms with E-state index in [1.165, 1.54) is 16.6 Å². The van der Waals surface area contributed by atoms with Crippen molar-refractivity contribution in [2.75, 3.05) is 49.5 Å². The molecular weight excluding hydrogens is 390 g/mol. The van der Waals surface area contributed by atoms with E-state index in [4.69, 9.17) is 0 Å². The summed E-state index contributed by atoms with van der Waals surface area (Å²) < 4.78 is 26.8. The molecule has 2 fully saturated rings. The number of anilines is 2. The quantitative estimate of drug-likeness (QED) is 0.828. The maximum atomic E-state index is 12.8. The van der Waals surface area contributed by atoms with Gasteiger partial charge in [0.05, 0.1) is 11.4 Å². The molecular formula is C20H25N5O3S. The first-order valence-corrected chi connectivity index (χ1v) is 11.3. The summed E-state index contributed by atoms with van der Waals surface area (Å²) in [5.74, 6) is 0. The van der Waals surface area contributed by atoms with Gasteiger partial charge >= 0.3 is 6.03 Å². The summed E-state index contributed by atoms with van der Waals surface area (Å²) in [6.07, 6.45) is 5.22. The van der Waals surface area contributed by atoms with Crippen molar-refractivity contribution in [2.24, 2.45) is 0 Å². The number of rotatable bonds is 4. The van der Waals surface area contributed by atoms with E-state index in [0.717, 1.165) is 37.3 Å². The second-order valence-electron chi connectivity index (χ2n) is 7.22. The number of hydrogen-bond acceptors (Lipinski definition) is 5. The molecule has 1 aromatic heterocycles. The van der Waals surface area contributed by atoms with Crippen LogP contribution < -0.4 is 10.2 Å². The number of benzene rings is 1. The van der Waals surface area contributed by atoms with Crippen LogP contribution in [0, 0.1) is 0 Å². The lowest BCUT2D eigenvalue weighted by Gasteiger charge is -2.34. The number of pyridine rings is 1. The molecule has 29 heavy (non-hydrogen) atoms. The molecule has 2 amide bonds. The molecule has 0 saturated carbocycles. The first-order valence-electron chi connectivity index (χ1n) is 9.86. The standard InChI is InChI=1S/C20H25N5O3S/c26-20(22-18-7-1-2-8-19(18)23-10-3-4-11-23)24-12-14-25(15-13-24)29(27,28)17-6-5-9-21-16-17/h1-2,5-9,16H,3-4,10-15H2,(H,22,26). The first kappa shape index (κ1) is 19.7. The number of sulfonamides is 1. The number of carbonyl (C=O) groups is 1. The van der Waals surface area contributed by atoms with Crippen LogP contribution in [0.5, 0.6) is 0 Å². The molecule has 2 aliphatic heterocycles. The predicted molar refractivity (Wildman–Crippen MR) is 111 cm³/mol. The van der Waals surface area contributed by atoms with Crippen molar-refractivity contribution in [3.05, 3.63) is 48.8 Å². The molecule has 0 aliphatic carbocycles. The van der Waals surface area contributed by atoms with Gasteiger partial charge in [0.1, 0.15) is 4.90 Å². The highest BCUT2D eigenvalue weighted by Gasteiger charge is 2.30. The van der Waals surface area contributed by atoms with Crippen LogP contribution in [0.4, 0.5) is 16.2 Å². The summed E-state index contributed by atoms with van der Waals surface area (Å²) in [7, 11) is -3.58. The molecule has 4 rings (SSSR count). The summed E-state index contributed by atoms with van der Waals surface area (Å²) >= 11 is 0. The summed E-state index contributed by atoms with van der Waals surface area (Å²) in [6, 6.07) is 10.8. The molecule has 2 aromatic rings. The molecule has 2 saturated heterocycles. The second kappa shape index (κ2) is 8.38. The molecule has 154 valence electrons. The Kier molecular flexibility index (Phi) is 5.68. The van der Waals surface area contributed by atoms with Crippen LogP contribution in [0.25, 0.3) is 0 Å². The summed E-state index contributed by atoms with van der Waals surface area (Å²) in [4.78, 5) is 20.8. The van der Waals surface area contributed by atoms with Crippen LogP contribution in [0.2, 0.25) is 0 Å². The molecule has 0 spiro atoms.